The van der Waals surface area contributed by atoms with Gasteiger partial charge < -0.3 is 14.5 Å². The summed E-state index contributed by atoms with van der Waals surface area (Å²) in [7, 11) is 0. The van der Waals surface area contributed by atoms with Crippen LogP contribution in [0, 0.1) is 5.92 Å². The standard InChI is InChI=1S/C14H24N2O3/c1-3-11(2)13(17)15-6-8-16(9-7-15)14(18)12-5-4-10-19-12/h11-12H,3-10H2,1-2H3. The molecule has 2 aliphatic rings. The smallest absolute Gasteiger partial charge is 0.251 e. The lowest BCUT2D eigenvalue weighted by Gasteiger charge is -2.36. The van der Waals surface area contributed by atoms with Crippen LogP contribution >= 0.6 is 0 Å². The van der Waals surface area contributed by atoms with Gasteiger partial charge in [-0.3, -0.25) is 9.59 Å². The normalized spacial score (nSPS) is 25.5. The maximum atomic E-state index is 12.2. The second kappa shape index (κ2) is 6.37. The Morgan fingerprint density at radius 2 is 1.84 bits per heavy atom. The van der Waals surface area contributed by atoms with Gasteiger partial charge in [0.05, 0.1) is 0 Å². The summed E-state index contributed by atoms with van der Waals surface area (Å²) in [6.07, 6.45) is 2.44. The predicted molar refractivity (Wildman–Crippen MR) is 71.6 cm³/mol. The maximum Gasteiger partial charge on any atom is 0.251 e. The molecule has 2 saturated heterocycles. The minimum absolute atomic E-state index is 0.0837. The van der Waals surface area contributed by atoms with Crippen molar-refractivity contribution in [3.8, 4) is 0 Å². The van der Waals surface area contributed by atoms with Gasteiger partial charge in [0.1, 0.15) is 6.10 Å². The van der Waals surface area contributed by atoms with Gasteiger partial charge in [-0.25, -0.2) is 0 Å². The Morgan fingerprint density at radius 1 is 1.21 bits per heavy atom. The van der Waals surface area contributed by atoms with Crippen molar-refractivity contribution in [2.75, 3.05) is 32.8 Å². The van der Waals surface area contributed by atoms with E-state index in [1.165, 1.54) is 0 Å². The number of carbonyl (C=O) groups is 2. The molecule has 0 aromatic heterocycles. The van der Waals surface area contributed by atoms with Crippen molar-refractivity contribution in [2.24, 2.45) is 5.92 Å². The molecule has 0 radical (unpaired) electrons. The zero-order valence-corrected chi connectivity index (χ0v) is 11.9. The van der Waals surface area contributed by atoms with E-state index in [2.05, 4.69) is 0 Å². The summed E-state index contributed by atoms with van der Waals surface area (Å²) in [6.45, 7) is 7.28. The van der Waals surface area contributed by atoms with Crippen LogP contribution in [0.4, 0.5) is 0 Å². The molecule has 5 heteroatoms. The van der Waals surface area contributed by atoms with E-state index in [0.29, 0.717) is 32.8 Å². The molecular formula is C14H24N2O3. The summed E-state index contributed by atoms with van der Waals surface area (Å²) in [6, 6.07) is 0. The molecule has 0 spiro atoms. The lowest BCUT2D eigenvalue weighted by molar-refractivity contribution is -0.147. The van der Waals surface area contributed by atoms with Gasteiger partial charge in [0.2, 0.25) is 5.91 Å². The monoisotopic (exact) mass is 268 g/mol. The lowest BCUT2D eigenvalue weighted by atomic mass is 10.1. The van der Waals surface area contributed by atoms with Crippen LogP contribution in [-0.4, -0.2) is 60.5 Å². The first-order chi connectivity index (χ1) is 9.13. The Balaban J connectivity index is 1.81. The molecule has 2 rings (SSSR count). The van der Waals surface area contributed by atoms with E-state index in [1.807, 2.05) is 23.6 Å². The Hall–Kier alpha value is -1.10. The van der Waals surface area contributed by atoms with Crippen LogP contribution in [-0.2, 0) is 14.3 Å². The molecule has 108 valence electrons. The lowest BCUT2D eigenvalue weighted by Crippen LogP contribution is -2.53. The third kappa shape index (κ3) is 3.26. The fourth-order valence-electron chi connectivity index (χ4n) is 2.61. The molecule has 2 heterocycles. The van der Waals surface area contributed by atoms with E-state index < -0.39 is 0 Å². The molecule has 2 fully saturated rings. The number of hydrogen-bond donors (Lipinski definition) is 0. The molecule has 0 saturated carbocycles. The summed E-state index contributed by atoms with van der Waals surface area (Å²) in [4.78, 5) is 28.0. The van der Waals surface area contributed by atoms with Gasteiger partial charge in [0.15, 0.2) is 0 Å². The molecule has 2 amide bonds. The first-order valence-corrected chi connectivity index (χ1v) is 7.32. The van der Waals surface area contributed by atoms with E-state index in [-0.39, 0.29) is 23.8 Å². The fourth-order valence-corrected chi connectivity index (χ4v) is 2.61. The van der Waals surface area contributed by atoms with Crippen LogP contribution in [0.25, 0.3) is 0 Å². The van der Waals surface area contributed by atoms with Gasteiger partial charge in [-0.1, -0.05) is 13.8 Å². The molecule has 0 aromatic carbocycles. The zero-order chi connectivity index (χ0) is 13.8. The molecule has 19 heavy (non-hydrogen) atoms. The van der Waals surface area contributed by atoms with E-state index in [4.69, 9.17) is 4.74 Å². The Morgan fingerprint density at radius 3 is 2.37 bits per heavy atom. The SMILES string of the molecule is CCC(C)C(=O)N1CCN(C(=O)C2CCCO2)CC1. The van der Waals surface area contributed by atoms with Crippen LogP contribution < -0.4 is 0 Å². The van der Waals surface area contributed by atoms with Gasteiger partial charge in [-0.15, -0.1) is 0 Å². The summed E-state index contributed by atoms with van der Waals surface area (Å²) in [5.41, 5.74) is 0. The summed E-state index contributed by atoms with van der Waals surface area (Å²) >= 11 is 0. The molecule has 0 aliphatic carbocycles. The molecular weight excluding hydrogens is 244 g/mol. The molecule has 5 nitrogen and oxygen atoms in total. The van der Waals surface area contributed by atoms with Gasteiger partial charge in [-0.05, 0) is 19.3 Å². The van der Waals surface area contributed by atoms with Gasteiger partial charge in [-0.2, -0.15) is 0 Å². The summed E-state index contributed by atoms with van der Waals surface area (Å²) < 4.78 is 5.43. The third-order valence-corrected chi connectivity index (χ3v) is 4.14. The van der Waals surface area contributed by atoms with E-state index in [9.17, 15) is 9.59 Å². The number of rotatable bonds is 3. The minimum Gasteiger partial charge on any atom is -0.368 e. The van der Waals surface area contributed by atoms with Crippen molar-refractivity contribution < 1.29 is 14.3 Å². The second-order valence-electron chi connectivity index (χ2n) is 5.46. The fraction of sp³-hybridized carbons (Fsp3) is 0.857. The number of ether oxygens (including phenoxy) is 1. The molecule has 0 bridgehead atoms. The number of hydrogen-bond acceptors (Lipinski definition) is 3. The predicted octanol–water partition coefficient (Wildman–Crippen LogP) is 0.882. The van der Waals surface area contributed by atoms with Crippen molar-refractivity contribution in [1.29, 1.82) is 0 Å². The Bertz CT molecular complexity index is 332. The topological polar surface area (TPSA) is 49.9 Å². The molecule has 2 unspecified atom stereocenters. The minimum atomic E-state index is -0.239. The van der Waals surface area contributed by atoms with Crippen molar-refractivity contribution in [2.45, 2.75) is 39.2 Å². The van der Waals surface area contributed by atoms with Gasteiger partial charge >= 0.3 is 0 Å². The Labute approximate surface area is 114 Å². The van der Waals surface area contributed by atoms with Gasteiger partial charge in [0.25, 0.3) is 5.91 Å². The number of nitrogens with zero attached hydrogens (tertiary/aromatic N) is 2. The quantitative estimate of drug-likeness (QED) is 0.763. The van der Waals surface area contributed by atoms with Gasteiger partial charge in [0, 0.05) is 38.7 Å². The highest BCUT2D eigenvalue weighted by Gasteiger charge is 2.31. The summed E-state index contributed by atoms with van der Waals surface area (Å²) in [5.74, 6) is 0.403. The molecule has 0 aromatic rings. The van der Waals surface area contributed by atoms with Crippen LogP contribution in [0.3, 0.4) is 0 Å². The van der Waals surface area contributed by atoms with Crippen molar-refractivity contribution in [3.05, 3.63) is 0 Å². The Kier molecular flexibility index (Phi) is 4.80. The van der Waals surface area contributed by atoms with Crippen LogP contribution in [0.2, 0.25) is 0 Å². The highest BCUT2D eigenvalue weighted by molar-refractivity contribution is 5.82. The van der Waals surface area contributed by atoms with E-state index in [1.54, 1.807) is 0 Å². The zero-order valence-electron chi connectivity index (χ0n) is 11.9. The number of piperazine rings is 1. The van der Waals surface area contributed by atoms with Crippen LogP contribution in [0.5, 0.6) is 0 Å². The van der Waals surface area contributed by atoms with Crippen molar-refractivity contribution in [3.63, 3.8) is 0 Å². The highest BCUT2D eigenvalue weighted by Crippen LogP contribution is 2.17. The van der Waals surface area contributed by atoms with Crippen LogP contribution in [0.15, 0.2) is 0 Å². The average molecular weight is 268 g/mol. The number of carbonyl (C=O) groups excluding carboxylic acids is 2. The van der Waals surface area contributed by atoms with Crippen molar-refractivity contribution in [1.82, 2.24) is 9.80 Å². The third-order valence-electron chi connectivity index (χ3n) is 4.14. The second-order valence-corrected chi connectivity index (χ2v) is 5.46. The highest BCUT2D eigenvalue weighted by atomic mass is 16.5. The largest absolute Gasteiger partial charge is 0.368 e. The average Bonchev–Trinajstić information content (AvgIpc) is 2.99. The van der Waals surface area contributed by atoms with Crippen molar-refractivity contribution >= 4 is 11.8 Å². The first-order valence-electron chi connectivity index (χ1n) is 7.32. The molecule has 2 atom stereocenters. The van der Waals surface area contributed by atoms with E-state index >= 15 is 0 Å². The first kappa shape index (κ1) is 14.3. The van der Waals surface area contributed by atoms with E-state index in [0.717, 1.165) is 19.3 Å². The molecule has 0 N–H and O–H groups in total. The maximum absolute atomic E-state index is 12.2. The number of amides is 2. The summed E-state index contributed by atoms with van der Waals surface area (Å²) in [5, 5.41) is 0. The molecule has 2 aliphatic heterocycles. The van der Waals surface area contributed by atoms with Crippen LogP contribution in [0.1, 0.15) is 33.1 Å².